The van der Waals surface area contributed by atoms with Gasteiger partial charge in [0.15, 0.2) is 5.96 Å². The van der Waals surface area contributed by atoms with Crippen LogP contribution in [0.2, 0.25) is 0 Å². The number of guanidine groups is 1. The third-order valence-electron chi connectivity index (χ3n) is 3.27. The second-order valence-electron chi connectivity index (χ2n) is 5.34. The topological polar surface area (TPSA) is 50.4 Å². The van der Waals surface area contributed by atoms with Gasteiger partial charge in [0.05, 0.1) is 0 Å². The number of hydrogen-bond acceptors (Lipinski definition) is 1. The van der Waals surface area contributed by atoms with Crippen LogP contribution in [0.3, 0.4) is 0 Å². The lowest BCUT2D eigenvalue weighted by Crippen LogP contribution is -2.28. The number of nitrogens with zero attached hydrogens (tertiary/aromatic N) is 1. The highest BCUT2D eigenvalue weighted by Gasteiger charge is 2.21. The molecule has 0 spiro atoms. The first-order valence-electron chi connectivity index (χ1n) is 6.04. The Kier molecular flexibility index (Phi) is 4.55. The average molecular weight is 233 g/mol. The molecule has 0 aromatic heterocycles. The van der Waals surface area contributed by atoms with Crippen LogP contribution in [0.1, 0.15) is 27.7 Å². The number of aliphatic imine (C=N–C) groups is 1. The van der Waals surface area contributed by atoms with Crippen molar-refractivity contribution in [3.05, 3.63) is 30.3 Å². The molecule has 1 aromatic rings. The summed E-state index contributed by atoms with van der Waals surface area (Å²) in [5.74, 6) is 1.06. The van der Waals surface area contributed by atoms with Gasteiger partial charge >= 0.3 is 0 Å². The second kappa shape index (κ2) is 5.71. The van der Waals surface area contributed by atoms with E-state index in [0.29, 0.717) is 11.9 Å². The molecule has 0 amide bonds. The highest BCUT2D eigenvalue weighted by Crippen LogP contribution is 2.25. The molecule has 3 heteroatoms. The lowest BCUT2D eigenvalue weighted by Gasteiger charge is -2.27. The maximum absolute atomic E-state index is 5.85. The lowest BCUT2D eigenvalue weighted by atomic mass is 9.81. The monoisotopic (exact) mass is 233 g/mol. The summed E-state index contributed by atoms with van der Waals surface area (Å²) in [5.41, 5.74) is 6.99. The molecule has 3 nitrogen and oxygen atoms in total. The Morgan fingerprint density at radius 1 is 1.29 bits per heavy atom. The summed E-state index contributed by atoms with van der Waals surface area (Å²) in [5, 5.41) is 3.08. The number of hydrogen-bond donors (Lipinski definition) is 2. The first-order valence-corrected chi connectivity index (χ1v) is 6.04. The molecule has 0 aliphatic rings. The minimum atomic E-state index is 0.170. The average Bonchev–Trinajstić information content (AvgIpc) is 2.28. The normalized spacial score (nSPS) is 12.9. The zero-order valence-corrected chi connectivity index (χ0v) is 11.2. The molecule has 1 aromatic carbocycles. The van der Waals surface area contributed by atoms with Crippen LogP contribution in [0, 0.1) is 11.3 Å². The molecule has 0 unspecified atom stereocenters. The SMILES string of the molecule is CC(C)C(C)(C)CN=C(N)Nc1ccccc1. The predicted octanol–water partition coefficient (Wildman–Crippen LogP) is 3.10. The van der Waals surface area contributed by atoms with Crippen LogP contribution in [0.25, 0.3) is 0 Å². The summed E-state index contributed by atoms with van der Waals surface area (Å²) < 4.78 is 0. The summed E-state index contributed by atoms with van der Waals surface area (Å²) in [7, 11) is 0. The van der Waals surface area contributed by atoms with Gasteiger partial charge in [-0.25, -0.2) is 0 Å². The Morgan fingerprint density at radius 2 is 1.88 bits per heavy atom. The van der Waals surface area contributed by atoms with Crippen molar-refractivity contribution in [1.29, 1.82) is 0 Å². The molecule has 1 rings (SSSR count). The fraction of sp³-hybridized carbons (Fsp3) is 0.500. The second-order valence-corrected chi connectivity index (χ2v) is 5.34. The number of para-hydroxylation sites is 1. The summed E-state index contributed by atoms with van der Waals surface area (Å²) in [4.78, 5) is 4.40. The first kappa shape index (κ1) is 13.6. The Labute approximate surface area is 104 Å². The van der Waals surface area contributed by atoms with E-state index in [9.17, 15) is 0 Å². The van der Waals surface area contributed by atoms with Gasteiger partial charge in [-0.3, -0.25) is 4.99 Å². The Hall–Kier alpha value is -1.51. The Morgan fingerprint density at radius 3 is 2.41 bits per heavy atom. The van der Waals surface area contributed by atoms with Gasteiger partial charge in [0, 0.05) is 12.2 Å². The van der Waals surface area contributed by atoms with Gasteiger partial charge in [0.1, 0.15) is 0 Å². The van der Waals surface area contributed by atoms with Crippen molar-refractivity contribution in [1.82, 2.24) is 0 Å². The zero-order chi connectivity index (χ0) is 12.9. The molecule has 0 atom stereocenters. The molecular formula is C14H23N3. The molecule has 0 heterocycles. The maximum atomic E-state index is 5.85. The van der Waals surface area contributed by atoms with Gasteiger partial charge in [0.25, 0.3) is 0 Å². The van der Waals surface area contributed by atoms with Crippen LogP contribution < -0.4 is 11.1 Å². The predicted molar refractivity (Wildman–Crippen MR) is 75.2 cm³/mol. The first-order chi connectivity index (χ1) is 7.92. The Bertz CT molecular complexity index is 366. The van der Waals surface area contributed by atoms with E-state index in [-0.39, 0.29) is 5.41 Å². The highest BCUT2D eigenvalue weighted by molar-refractivity contribution is 5.92. The van der Waals surface area contributed by atoms with Crippen LogP contribution >= 0.6 is 0 Å². The fourth-order valence-corrected chi connectivity index (χ4v) is 1.18. The summed E-state index contributed by atoms with van der Waals surface area (Å²) in [6, 6.07) is 9.84. The largest absolute Gasteiger partial charge is 0.370 e. The van der Waals surface area contributed by atoms with Crippen molar-refractivity contribution in [3.8, 4) is 0 Å². The van der Waals surface area contributed by atoms with Crippen LogP contribution in [0.5, 0.6) is 0 Å². The van der Waals surface area contributed by atoms with Crippen molar-refractivity contribution < 1.29 is 0 Å². The number of nitrogens with one attached hydrogen (secondary N) is 1. The van der Waals surface area contributed by atoms with Crippen LogP contribution in [-0.2, 0) is 0 Å². The van der Waals surface area contributed by atoms with E-state index in [1.54, 1.807) is 0 Å². The smallest absolute Gasteiger partial charge is 0.193 e. The van der Waals surface area contributed by atoms with Gasteiger partial charge in [-0.2, -0.15) is 0 Å². The van der Waals surface area contributed by atoms with Crippen LogP contribution in [-0.4, -0.2) is 12.5 Å². The highest BCUT2D eigenvalue weighted by atomic mass is 15.1. The number of nitrogens with two attached hydrogens (primary N) is 1. The quantitative estimate of drug-likeness (QED) is 0.620. The molecular weight excluding hydrogens is 210 g/mol. The van der Waals surface area contributed by atoms with Crippen molar-refractivity contribution in [2.24, 2.45) is 22.1 Å². The van der Waals surface area contributed by atoms with E-state index in [2.05, 4.69) is 38.0 Å². The summed E-state index contributed by atoms with van der Waals surface area (Å²) in [6.45, 7) is 9.55. The van der Waals surface area contributed by atoms with Crippen molar-refractivity contribution in [3.63, 3.8) is 0 Å². The molecule has 0 saturated heterocycles. The molecule has 0 aliphatic carbocycles. The maximum Gasteiger partial charge on any atom is 0.193 e. The summed E-state index contributed by atoms with van der Waals surface area (Å²) in [6.07, 6.45) is 0. The standard InChI is InChI=1S/C14H23N3/c1-11(2)14(3,4)10-16-13(15)17-12-8-6-5-7-9-12/h5-9,11H,10H2,1-4H3,(H3,15,16,17). The Balaban J connectivity index is 2.56. The minimum absolute atomic E-state index is 0.170. The third kappa shape index (κ3) is 4.47. The van der Waals surface area contributed by atoms with Crippen LogP contribution in [0.15, 0.2) is 35.3 Å². The molecule has 0 saturated carbocycles. The molecule has 0 aliphatic heterocycles. The van der Waals surface area contributed by atoms with Gasteiger partial charge in [-0.05, 0) is 23.5 Å². The van der Waals surface area contributed by atoms with E-state index in [1.165, 1.54) is 0 Å². The third-order valence-corrected chi connectivity index (χ3v) is 3.27. The number of benzene rings is 1. The van der Waals surface area contributed by atoms with Gasteiger partial charge in [0.2, 0.25) is 0 Å². The number of anilines is 1. The zero-order valence-electron chi connectivity index (χ0n) is 11.2. The fourth-order valence-electron chi connectivity index (χ4n) is 1.18. The lowest BCUT2D eigenvalue weighted by molar-refractivity contribution is 0.262. The minimum Gasteiger partial charge on any atom is -0.370 e. The van der Waals surface area contributed by atoms with E-state index < -0.39 is 0 Å². The van der Waals surface area contributed by atoms with Crippen molar-refractivity contribution in [2.45, 2.75) is 27.7 Å². The van der Waals surface area contributed by atoms with Crippen molar-refractivity contribution >= 4 is 11.6 Å². The molecule has 0 radical (unpaired) electrons. The molecule has 0 fully saturated rings. The summed E-state index contributed by atoms with van der Waals surface area (Å²) >= 11 is 0. The van der Waals surface area contributed by atoms with Gasteiger partial charge in [-0.1, -0.05) is 45.9 Å². The van der Waals surface area contributed by atoms with Gasteiger partial charge in [-0.15, -0.1) is 0 Å². The van der Waals surface area contributed by atoms with Gasteiger partial charge < -0.3 is 11.1 Å². The molecule has 3 N–H and O–H groups in total. The van der Waals surface area contributed by atoms with E-state index >= 15 is 0 Å². The number of rotatable bonds is 4. The molecule has 17 heavy (non-hydrogen) atoms. The van der Waals surface area contributed by atoms with E-state index in [0.717, 1.165) is 12.2 Å². The van der Waals surface area contributed by atoms with Crippen molar-refractivity contribution in [2.75, 3.05) is 11.9 Å². The van der Waals surface area contributed by atoms with Crippen LogP contribution in [0.4, 0.5) is 5.69 Å². The molecule has 94 valence electrons. The molecule has 0 bridgehead atoms. The van der Waals surface area contributed by atoms with E-state index in [4.69, 9.17) is 5.73 Å². The van der Waals surface area contributed by atoms with E-state index in [1.807, 2.05) is 30.3 Å².